The third-order valence-corrected chi connectivity index (χ3v) is 3.23. The van der Waals surface area contributed by atoms with Crippen molar-refractivity contribution < 1.29 is 0 Å². The van der Waals surface area contributed by atoms with Crippen molar-refractivity contribution in [1.29, 1.82) is 0 Å². The number of benzene rings is 1. The lowest BCUT2D eigenvalue weighted by Crippen LogP contribution is -2.10. The maximum Gasteiger partial charge on any atom is 0.133 e. The van der Waals surface area contributed by atoms with Crippen LogP contribution in [0.15, 0.2) is 30.3 Å². The Kier molecular flexibility index (Phi) is 4.93. The number of nitrogen functional groups attached to an aromatic ring is 1. The lowest BCUT2D eigenvalue weighted by atomic mass is 10.1. The van der Waals surface area contributed by atoms with Gasteiger partial charge in [-0.2, -0.15) is 0 Å². The monoisotopic (exact) mass is 270 g/mol. The summed E-state index contributed by atoms with van der Waals surface area (Å²) in [6.45, 7) is 5.09. The van der Waals surface area contributed by atoms with Gasteiger partial charge < -0.3 is 11.1 Å². The van der Waals surface area contributed by atoms with Gasteiger partial charge in [0.15, 0.2) is 0 Å². The summed E-state index contributed by atoms with van der Waals surface area (Å²) in [4.78, 5) is 8.71. The Labute approximate surface area is 120 Å². The summed E-state index contributed by atoms with van der Waals surface area (Å²) in [6, 6.07) is 10.2. The fourth-order valence-electron chi connectivity index (χ4n) is 2.16. The van der Waals surface area contributed by atoms with E-state index in [0.29, 0.717) is 5.82 Å². The molecule has 1 aromatic carbocycles. The van der Waals surface area contributed by atoms with Crippen LogP contribution in [0.25, 0.3) is 0 Å². The zero-order chi connectivity index (χ0) is 14.4. The van der Waals surface area contributed by atoms with Crippen molar-refractivity contribution in [3.05, 3.63) is 47.3 Å². The van der Waals surface area contributed by atoms with Crippen LogP contribution in [0.5, 0.6) is 0 Å². The quantitative estimate of drug-likeness (QED) is 0.847. The zero-order valence-corrected chi connectivity index (χ0v) is 12.2. The maximum atomic E-state index is 5.81. The van der Waals surface area contributed by atoms with E-state index in [2.05, 4.69) is 53.4 Å². The molecule has 0 radical (unpaired) electrons. The topological polar surface area (TPSA) is 63.8 Å². The number of anilines is 2. The van der Waals surface area contributed by atoms with Crippen LogP contribution in [0.1, 0.15) is 30.3 Å². The molecule has 0 aliphatic carbocycles. The molecule has 0 bridgehead atoms. The largest absolute Gasteiger partial charge is 0.384 e. The van der Waals surface area contributed by atoms with E-state index < -0.39 is 0 Å². The first-order valence-electron chi connectivity index (χ1n) is 7.11. The van der Waals surface area contributed by atoms with Crippen LogP contribution in [0, 0.1) is 6.92 Å². The minimum atomic E-state index is 0.529. The fourth-order valence-corrected chi connectivity index (χ4v) is 2.16. The van der Waals surface area contributed by atoms with Crippen molar-refractivity contribution in [2.45, 2.75) is 33.1 Å². The van der Waals surface area contributed by atoms with E-state index >= 15 is 0 Å². The summed E-state index contributed by atoms with van der Waals surface area (Å²) in [5, 5.41) is 3.33. The Balaban J connectivity index is 1.95. The number of rotatable bonds is 6. The molecule has 0 atom stereocenters. The Bertz CT molecular complexity index is 566. The minimum absolute atomic E-state index is 0.529. The fraction of sp³-hybridized carbons (Fsp3) is 0.375. The van der Waals surface area contributed by atoms with Gasteiger partial charge in [-0.05, 0) is 30.9 Å². The molecule has 20 heavy (non-hydrogen) atoms. The van der Waals surface area contributed by atoms with Crippen LogP contribution in [0.2, 0.25) is 0 Å². The third-order valence-electron chi connectivity index (χ3n) is 3.23. The number of hydrogen-bond donors (Lipinski definition) is 2. The molecule has 3 N–H and O–H groups in total. The third kappa shape index (κ3) is 3.95. The molecule has 0 saturated carbocycles. The Morgan fingerprint density at radius 2 is 1.95 bits per heavy atom. The average Bonchev–Trinajstić information content (AvgIpc) is 2.41. The van der Waals surface area contributed by atoms with Gasteiger partial charge in [-0.3, -0.25) is 0 Å². The summed E-state index contributed by atoms with van der Waals surface area (Å²) in [6.07, 6.45) is 2.85. The minimum Gasteiger partial charge on any atom is -0.384 e. The van der Waals surface area contributed by atoms with Crippen LogP contribution in [0.3, 0.4) is 0 Å². The van der Waals surface area contributed by atoms with Crippen molar-refractivity contribution in [3.63, 3.8) is 0 Å². The van der Waals surface area contributed by atoms with Crippen molar-refractivity contribution in [3.8, 4) is 0 Å². The second-order valence-electron chi connectivity index (χ2n) is 4.95. The van der Waals surface area contributed by atoms with Gasteiger partial charge in [0.2, 0.25) is 0 Å². The predicted octanol–water partition coefficient (Wildman–Crippen LogP) is 2.97. The zero-order valence-electron chi connectivity index (χ0n) is 12.2. The summed E-state index contributed by atoms with van der Waals surface area (Å²) in [5.74, 6) is 2.15. The van der Waals surface area contributed by atoms with E-state index in [1.165, 1.54) is 11.1 Å². The molecule has 1 aromatic heterocycles. The predicted molar refractivity (Wildman–Crippen MR) is 83.8 cm³/mol. The highest BCUT2D eigenvalue weighted by Gasteiger charge is 2.02. The van der Waals surface area contributed by atoms with E-state index in [4.69, 9.17) is 5.73 Å². The summed E-state index contributed by atoms with van der Waals surface area (Å²) in [7, 11) is 0. The molecule has 0 spiro atoms. The lowest BCUT2D eigenvalue weighted by molar-refractivity contribution is 0.835. The van der Waals surface area contributed by atoms with Crippen molar-refractivity contribution in [2.24, 2.45) is 0 Å². The van der Waals surface area contributed by atoms with Crippen LogP contribution in [-0.4, -0.2) is 16.5 Å². The normalized spacial score (nSPS) is 10.5. The number of aromatic nitrogens is 2. The molecule has 1 heterocycles. The van der Waals surface area contributed by atoms with Crippen molar-refractivity contribution in [2.75, 3.05) is 17.6 Å². The molecule has 2 aromatic rings. The average molecular weight is 270 g/mol. The molecule has 0 saturated heterocycles. The number of hydrogen-bond acceptors (Lipinski definition) is 4. The van der Waals surface area contributed by atoms with Crippen molar-refractivity contribution in [1.82, 2.24) is 9.97 Å². The molecular weight excluding hydrogens is 248 g/mol. The highest BCUT2D eigenvalue weighted by molar-refractivity contribution is 5.44. The molecule has 2 rings (SSSR count). The summed E-state index contributed by atoms with van der Waals surface area (Å²) < 4.78 is 0. The van der Waals surface area contributed by atoms with Crippen molar-refractivity contribution >= 4 is 11.6 Å². The molecule has 106 valence electrons. The van der Waals surface area contributed by atoms with Gasteiger partial charge in [0.05, 0.1) is 0 Å². The van der Waals surface area contributed by atoms with Gasteiger partial charge in [-0.1, -0.05) is 31.2 Å². The van der Waals surface area contributed by atoms with Crippen LogP contribution in [-0.2, 0) is 12.8 Å². The van der Waals surface area contributed by atoms with E-state index in [1.807, 2.05) is 0 Å². The molecule has 0 amide bonds. The Morgan fingerprint density at radius 1 is 1.15 bits per heavy atom. The Morgan fingerprint density at radius 3 is 2.70 bits per heavy atom. The molecule has 0 aliphatic rings. The first-order chi connectivity index (χ1) is 9.69. The molecule has 0 aliphatic heterocycles. The van der Waals surface area contributed by atoms with E-state index in [-0.39, 0.29) is 0 Å². The molecule has 4 nitrogen and oxygen atoms in total. The summed E-state index contributed by atoms with van der Waals surface area (Å²) in [5.41, 5.74) is 8.49. The number of nitrogens with two attached hydrogens (primary N) is 1. The molecular formula is C16H22N4. The van der Waals surface area contributed by atoms with Gasteiger partial charge in [0.1, 0.15) is 17.5 Å². The van der Waals surface area contributed by atoms with Gasteiger partial charge >= 0.3 is 0 Å². The van der Waals surface area contributed by atoms with Crippen LogP contribution in [0.4, 0.5) is 11.6 Å². The molecule has 4 heteroatoms. The highest BCUT2D eigenvalue weighted by Crippen LogP contribution is 2.11. The van der Waals surface area contributed by atoms with E-state index in [1.54, 1.807) is 6.07 Å². The van der Waals surface area contributed by atoms with E-state index in [0.717, 1.165) is 37.4 Å². The number of nitrogens with one attached hydrogen (secondary N) is 1. The second kappa shape index (κ2) is 6.89. The summed E-state index contributed by atoms with van der Waals surface area (Å²) >= 11 is 0. The SMILES string of the molecule is CCCc1nc(N)cc(NCCc2ccccc2C)n1. The lowest BCUT2D eigenvalue weighted by Gasteiger charge is -2.09. The molecule has 0 unspecified atom stereocenters. The van der Waals surface area contributed by atoms with Gasteiger partial charge in [0, 0.05) is 19.0 Å². The van der Waals surface area contributed by atoms with Gasteiger partial charge in [-0.15, -0.1) is 0 Å². The maximum absolute atomic E-state index is 5.81. The highest BCUT2D eigenvalue weighted by atomic mass is 15.0. The number of nitrogens with zero attached hydrogens (tertiary/aromatic N) is 2. The van der Waals surface area contributed by atoms with Crippen LogP contribution >= 0.6 is 0 Å². The smallest absolute Gasteiger partial charge is 0.133 e. The standard InChI is InChI=1S/C16H22N4/c1-3-6-15-19-14(17)11-16(20-15)18-10-9-13-8-5-4-7-12(13)2/h4-5,7-8,11H,3,6,9-10H2,1-2H3,(H3,17,18,19,20). The molecule has 0 fully saturated rings. The van der Waals surface area contributed by atoms with E-state index in [9.17, 15) is 0 Å². The first kappa shape index (κ1) is 14.3. The van der Waals surface area contributed by atoms with Gasteiger partial charge in [-0.25, -0.2) is 9.97 Å². The van der Waals surface area contributed by atoms with Crippen LogP contribution < -0.4 is 11.1 Å². The van der Waals surface area contributed by atoms with Gasteiger partial charge in [0.25, 0.3) is 0 Å². The number of aryl methyl sites for hydroxylation is 2. The first-order valence-corrected chi connectivity index (χ1v) is 7.11. The second-order valence-corrected chi connectivity index (χ2v) is 4.95. The Hall–Kier alpha value is -2.10.